The van der Waals surface area contributed by atoms with Gasteiger partial charge in [0.15, 0.2) is 0 Å². The summed E-state index contributed by atoms with van der Waals surface area (Å²) in [6, 6.07) is 10.6. The minimum Gasteiger partial charge on any atom is -0.481 e. The van der Waals surface area contributed by atoms with Crippen molar-refractivity contribution in [3.63, 3.8) is 0 Å². The predicted octanol–water partition coefficient (Wildman–Crippen LogP) is 3.97. The van der Waals surface area contributed by atoms with Crippen molar-refractivity contribution in [2.75, 3.05) is 31.6 Å². The quantitative estimate of drug-likeness (QED) is 0.725. The largest absolute Gasteiger partial charge is 0.481 e. The van der Waals surface area contributed by atoms with Gasteiger partial charge in [0.1, 0.15) is 0 Å². The minimum atomic E-state index is -0.739. The van der Waals surface area contributed by atoms with E-state index in [-0.39, 0.29) is 24.3 Å². The maximum atomic E-state index is 12.8. The molecular weight excluding hydrogens is 366 g/mol. The topological polar surface area (TPSA) is 72.9 Å². The fourth-order valence-corrected chi connectivity index (χ4v) is 4.77. The lowest BCUT2D eigenvalue weighted by Crippen LogP contribution is -2.51. The highest BCUT2D eigenvalue weighted by Crippen LogP contribution is 2.30. The number of anilines is 1. The van der Waals surface area contributed by atoms with Crippen molar-refractivity contribution in [1.29, 1.82) is 0 Å². The van der Waals surface area contributed by atoms with Crippen LogP contribution < -0.4 is 10.2 Å². The van der Waals surface area contributed by atoms with Crippen LogP contribution in [0, 0.1) is 11.8 Å². The second-order valence-electron chi connectivity index (χ2n) is 8.68. The highest BCUT2D eigenvalue weighted by molar-refractivity contribution is 5.74. The average Bonchev–Trinajstić information content (AvgIpc) is 2.73. The summed E-state index contributed by atoms with van der Waals surface area (Å²) >= 11 is 0. The lowest BCUT2D eigenvalue weighted by Gasteiger charge is -2.39. The van der Waals surface area contributed by atoms with Crippen LogP contribution in [0.3, 0.4) is 0 Å². The van der Waals surface area contributed by atoms with Crippen LogP contribution in [0.25, 0.3) is 0 Å². The van der Waals surface area contributed by atoms with Crippen molar-refractivity contribution in [2.45, 2.75) is 57.4 Å². The summed E-state index contributed by atoms with van der Waals surface area (Å²) < 4.78 is 0. The van der Waals surface area contributed by atoms with Gasteiger partial charge in [0.25, 0.3) is 0 Å². The van der Waals surface area contributed by atoms with Crippen LogP contribution in [0.15, 0.2) is 30.3 Å². The maximum absolute atomic E-state index is 12.8. The summed E-state index contributed by atoms with van der Waals surface area (Å²) in [7, 11) is 2.07. The van der Waals surface area contributed by atoms with Crippen molar-refractivity contribution in [3.8, 4) is 0 Å². The Labute approximate surface area is 174 Å². The first-order valence-corrected chi connectivity index (χ1v) is 11.1. The molecule has 160 valence electrons. The molecule has 1 aliphatic carbocycles. The Morgan fingerprint density at radius 1 is 1.10 bits per heavy atom. The SMILES string of the molecule is CN(CC[C@H]1CN(C(=O)NC2CCCCC2)CC[C@H]1CC(=O)O)c1ccccc1. The van der Waals surface area contributed by atoms with Gasteiger partial charge in [0.05, 0.1) is 0 Å². The van der Waals surface area contributed by atoms with Crippen molar-refractivity contribution in [1.82, 2.24) is 10.2 Å². The Kier molecular flexibility index (Phi) is 7.78. The molecule has 6 heteroatoms. The average molecular weight is 402 g/mol. The molecule has 2 amide bonds. The number of carboxylic acid groups (broad SMARTS) is 1. The van der Waals surface area contributed by atoms with Crippen molar-refractivity contribution in [3.05, 3.63) is 30.3 Å². The van der Waals surface area contributed by atoms with Gasteiger partial charge in [-0.2, -0.15) is 0 Å². The van der Waals surface area contributed by atoms with Crippen LogP contribution in [-0.4, -0.2) is 54.7 Å². The Morgan fingerprint density at radius 2 is 1.83 bits per heavy atom. The number of carbonyl (C=O) groups excluding carboxylic acids is 1. The molecule has 29 heavy (non-hydrogen) atoms. The fourth-order valence-electron chi connectivity index (χ4n) is 4.77. The van der Waals surface area contributed by atoms with E-state index in [9.17, 15) is 14.7 Å². The third-order valence-electron chi connectivity index (χ3n) is 6.58. The Morgan fingerprint density at radius 3 is 2.52 bits per heavy atom. The Hall–Kier alpha value is -2.24. The van der Waals surface area contributed by atoms with E-state index in [0.717, 1.165) is 37.9 Å². The van der Waals surface area contributed by atoms with E-state index >= 15 is 0 Å². The number of aliphatic carboxylic acids is 1. The van der Waals surface area contributed by atoms with Gasteiger partial charge in [-0.05, 0) is 49.7 Å². The molecule has 1 saturated heterocycles. The summed E-state index contributed by atoms with van der Waals surface area (Å²) in [4.78, 5) is 28.3. The zero-order chi connectivity index (χ0) is 20.6. The molecule has 0 unspecified atom stereocenters. The zero-order valence-corrected chi connectivity index (χ0v) is 17.6. The van der Waals surface area contributed by atoms with Crippen LogP contribution in [0.1, 0.15) is 51.4 Å². The van der Waals surface area contributed by atoms with E-state index in [0.29, 0.717) is 19.1 Å². The molecule has 6 nitrogen and oxygen atoms in total. The van der Waals surface area contributed by atoms with E-state index < -0.39 is 5.97 Å². The van der Waals surface area contributed by atoms with Crippen molar-refractivity contribution >= 4 is 17.7 Å². The van der Waals surface area contributed by atoms with Gasteiger partial charge in [-0.3, -0.25) is 4.79 Å². The zero-order valence-electron chi connectivity index (χ0n) is 17.6. The number of nitrogens with zero attached hydrogens (tertiary/aromatic N) is 2. The molecule has 1 heterocycles. The molecule has 2 N–H and O–H groups in total. The number of benzene rings is 1. The first kappa shape index (κ1) is 21.5. The van der Waals surface area contributed by atoms with E-state index in [1.165, 1.54) is 19.3 Å². The Bertz CT molecular complexity index is 661. The summed E-state index contributed by atoms with van der Waals surface area (Å²) in [5.74, 6) is -0.393. The van der Waals surface area contributed by atoms with Crippen molar-refractivity contribution in [2.24, 2.45) is 11.8 Å². The molecule has 1 saturated carbocycles. The second kappa shape index (κ2) is 10.5. The third kappa shape index (κ3) is 6.38. The van der Waals surface area contributed by atoms with E-state index in [4.69, 9.17) is 0 Å². The van der Waals surface area contributed by atoms with Crippen LogP contribution in [0.4, 0.5) is 10.5 Å². The first-order valence-electron chi connectivity index (χ1n) is 11.1. The molecule has 2 atom stereocenters. The molecule has 1 aromatic rings. The van der Waals surface area contributed by atoms with Gasteiger partial charge in [0, 0.05) is 44.8 Å². The number of hydrogen-bond acceptors (Lipinski definition) is 3. The molecule has 3 rings (SSSR count). The highest BCUT2D eigenvalue weighted by Gasteiger charge is 2.33. The minimum absolute atomic E-state index is 0.0343. The highest BCUT2D eigenvalue weighted by atomic mass is 16.4. The van der Waals surface area contributed by atoms with Gasteiger partial charge in [-0.25, -0.2) is 4.79 Å². The molecule has 0 radical (unpaired) electrons. The van der Waals surface area contributed by atoms with Crippen LogP contribution >= 0.6 is 0 Å². The van der Waals surface area contributed by atoms with Crippen LogP contribution in [-0.2, 0) is 4.79 Å². The number of piperidine rings is 1. The summed E-state index contributed by atoms with van der Waals surface area (Å²) in [5, 5.41) is 12.5. The molecule has 0 aromatic heterocycles. The number of likely N-dealkylation sites (tertiary alicyclic amines) is 1. The molecule has 0 spiro atoms. The molecule has 1 aromatic carbocycles. The van der Waals surface area contributed by atoms with Gasteiger partial charge in [-0.15, -0.1) is 0 Å². The normalized spacial score (nSPS) is 22.9. The first-order chi connectivity index (χ1) is 14.0. The number of rotatable bonds is 7. The lowest BCUT2D eigenvalue weighted by atomic mass is 9.81. The fraction of sp³-hybridized carbons (Fsp3) is 0.652. The van der Waals surface area contributed by atoms with E-state index in [2.05, 4.69) is 29.4 Å². The number of nitrogens with one attached hydrogen (secondary N) is 1. The van der Waals surface area contributed by atoms with Crippen molar-refractivity contribution < 1.29 is 14.7 Å². The monoisotopic (exact) mass is 401 g/mol. The maximum Gasteiger partial charge on any atom is 0.317 e. The van der Waals surface area contributed by atoms with Gasteiger partial charge < -0.3 is 20.2 Å². The molecule has 2 aliphatic rings. The van der Waals surface area contributed by atoms with Crippen LogP contribution in [0.5, 0.6) is 0 Å². The number of para-hydroxylation sites is 1. The standard InChI is InChI=1S/C23H35N3O3/c1-25(21-10-6-3-7-11-21)14-12-19-17-26(15-13-18(19)16-22(27)28)23(29)24-20-8-4-2-5-9-20/h3,6-7,10-11,18-20H,2,4-5,8-9,12-17H2,1H3,(H,24,29)(H,27,28)/t18-,19-/m0/s1. The number of carbonyl (C=O) groups is 2. The summed E-state index contributed by atoms with van der Waals surface area (Å²) in [6.07, 6.45) is 7.65. The third-order valence-corrected chi connectivity index (χ3v) is 6.58. The van der Waals surface area contributed by atoms with Gasteiger partial charge in [-0.1, -0.05) is 37.5 Å². The number of amides is 2. The van der Waals surface area contributed by atoms with E-state index in [1.54, 1.807) is 0 Å². The summed E-state index contributed by atoms with van der Waals surface area (Å²) in [5.41, 5.74) is 1.16. The van der Waals surface area contributed by atoms with E-state index in [1.807, 2.05) is 23.1 Å². The molecule has 1 aliphatic heterocycles. The van der Waals surface area contributed by atoms with Crippen LogP contribution in [0.2, 0.25) is 0 Å². The summed E-state index contributed by atoms with van der Waals surface area (Å²) in [6.45, 7) is 2.16. The smallest absolute Gasteiger partial charge is 0.317 e. The molecule has 0 bridgehead atoms. The molecule has 2 fully saturated rings. The Balaban J connectivity index is 1.57. The van der Waals surface area contributed by atoms with Gasteiger partial charge >= 0.3 is 12.0 Å². The molecular formula is C23H35N3O3. The number of urea groups is 1. The number of hydrogen-bond donors (Lipinski definition) is 2. The lowest BCUT2D eigenvalue weighted by molar-refractivity contribution is -0.139. The van der Waals surface area contributed by atoms with Gasteiger partial charge in [0.2, 0.25) is 0 Å². The predicted molar refractivity (Wildman–Crippen MR) is 115 cm³/mol. The number of carboxylic acids is 1. The second-order valence-corrected chi connectivity index (χ2v) is 8.68.